The largest absolute Gasteiger partial charge is 0.377 e. The van der Waals surface area contributed by atoms with Gasteiger partial charge < -0.3 is 15.4 Å². The molecule has 0 aromatic carbocycles. The lowest BCUT2D eigenvalue weighted by molar-refractivity contribution is -0.134. The van der Waals surface area contributed by atoms with Crippen molar-refractivity contribution in [1.29, 1.82) is 0 Å². The van der Waals surface area contributed by atoms with E-state index in [1.165, 1.54) is 0 Å². The third-order valence-electron chi connectivity index (χ3n) is 3.31. The van der Waals surface area contributed by atoms with Crippen LogP contribution in [-0.2, 0) is 9.53 Å². The quantitative estimate of drug-likeness (QED) is 0.784. The Bertz CT molecular complexity index is 233. The minimum absolute atomic E-state index is 0.0756. The Morgan fingerprint density at radius 3 is 2.94 bits per heavy atom. The summed E-state index contributed by atoms with van der Waals surface area (Å²) in [7, 11) is 0. The molecular formula is C12H24N2O2. The molecule has 1 fully saturated rings. The van der Waals surface area contributed by atoms with Crippen LogP contribution in [0.2, 0.25) is 0 Å². The second kappa shape index (κ2) is 6.21. The van der Waals surface area contributed by atoms with Gasteiger partial charge in [-0.2, -0.15) is 0 Å². The van der Waals surface area contributed by atoms with Crippen molar-refractivity contribution in [3.05, 3.63) is 0 Å². The fourth-order valence-electron chi connectivity index (χ4n) is 1.90. The average Bonchev–Trinajstić information content (AvgIpc) is 2.50. The second-order valence-corrected chi connectivity index (χ2v) is 4.73. The van der Waals surface area contributed by atoms with Crippen molar-refractivity contribution in [3.63, 3.8) is 0 Å². The molecule has 0 saturated carbocycles. The molecule has 0 bridgehead atoms. The Labute approximate surface area is 98.1 Å². The van der Waals surface area contributed by atoms with E-state index in [0.717, 1.165) is 26.0 Å². The maximum absolute atomic E-state index is 12.1. The van der Waals surface area contributed by atoms with E-state index in [0.29, 0.717) is 6.54 Å². The van der Waals surface area contributed by atoms with Gasteiger partial charge in [0, 0.05) is 19.7 Å². The molecule has 0 aromatic rings. The van der Waals surface area contributed by atoms with Crippen molar-refractivity contribution in [2.45, 2.75) is 45.8 Å². The van der Waals surface area contributed by atoms with Gasteiger partial charge in [-0.3, -0.25) is 4.79 Å². The third-order valence-corrected chi connectivity index (χ3v) is 3.31. The van der Waals surface area contributed by atoms with Crippen LogP contribution in [0.1, 0.15) is 33.6 Å². The smallest absolute Gasteiger partial charge is 0.239 e. The molecule has 1 amide bonds. The average molecular weight is 228 g/mol. The molecule has 2 unspecified atom stereocenters. The van der Waals surface area contributed by atoms with Crippen molar-refractivity contribution in [3.8, 4) is 0 Å². The van der Waals surface area contributed by atoms with Gasteiger partial charge in [-0.1, -0.05) is 20.3 Å². The van der Waals surface area contributed by atoms with E-state index in [1.54, 1.807) is 0 Å². The number of hydrogen-bond acceptors (Lipinski definition) is 3. The summed E-state index contributed by atoms with van der Waals surface area (Å²) in [6.45, 7) is 8.27. The van der Waals surface area contributed by atoms with Crippen LogP contribution >= 0.6 is 0 Å². The van der Waals surface area contributed by atoms with Crippen molar-refractivity contribution in [1.82, 2.24) is 4.90 Å². The number of nitrogens with zero attached hydrogens (tertiary/aromatic N) is 1. The molecule has 0 radical (unpaired) electrons. The van der Waals surface area contributed by atoms with Gasteiger partial charge >= 0.3 is 0 Å². The van der Waals surface area contributed by atoms with Crippen LogP contribution in [0.15, 0.2) is 0 Å². The van der Waals surface area contributed by atoms with Crippen molar-refractivity contribution in [2.24, 2.45) is 11.7 Å². The highest BCUT2D eigenvalue weighted by molar-refractivity contribution is 5.82. The van der Waals surface area contributed by atoms with Crippen LogP contribution < -0.4 is 5.73 Å². The summed E-state index contributed by atoms with van der Waals surface area (Å²) in [4.78, 5) is 14.0. The fourth-order valence-corrected chi connectivity index (χ4v) is 1.90. The summed E-state index contributed by atoms with van der Waals surface area (Å²) in [6.07, 6.45) is 1.96. The van der Waals surface area contributed by atoms with Crippen LogP contribution in [0, 0.1) is 5.92 Å². The summed E-state index contributed by atoms with van der Waals surface area (Å²) in [5.74, 6) is 0.318. The topological polar surface area (TPSA) is 55.6 Å². The van der Waals surface area contributed by atoms with Gasteiger partial charge in [-0.25, -0.2) is 0 Å². The Kier molecular flexibility index (Phi) is 5.22. The molecule has 3 atom stereocenters. The van der Waals surface area contributed by atoms with Gasteiger partial charge in [0.15, 0.2) is 0 Å². The zero-order chi connectivity index (χ0) is 12.1. The molecule has 2 N–H and O–H groups in total. The molecule has 1 heterocycles. The zero-order valence-electron chi connectivity index (χ0n) is 10.6. The Morgan fingerprint density at radius 2 is 2.31 bits per heavy atom. The molecule has 1 aliphatic rings. The molecule has 0 aliphatic carbocycles. The number of amides is 1. The Hall–Kier alpha value is -0.610. The van der Waals surface area contributed by atoms with Crippen LogP contribution in [0.3, 0.4) is 0 Å². The van der Waals surface area contributed by atoms with Crippen molar-refractivity contribution in [2.75, 3.05) is 19.7 Å². The van der Waals surface area contributed by atoms with Gasteiger partial charge in [0.25, 0.3) is 0 Å². The molecule has 0 spiro atoms. The van der Waals surface area contributed by atoms with Crippen LogP contribution in [-0.4, -0.2) is 42.6 Å². The monoisotopic (exact) mass is 228 g/mol. The predicted molar refractivity (Wildman–Crippen MR) is 64.0 cm³/mol. The number of rotatable bonds is 3. The van der Waals surface area contributed by atoms with E-state index in [2.05, 4.69) is 6.92 Å². The first-order valence-electron chi connectivity index (χ1n) is 6.22. The SMILES string of the molecule is CCC(C)[C@H](N)C(=O)N1CCCOC(C)C1. The summed E-state index contributed by atoms with van der Waals surface area (Å²) >= 11 is 0. The lowest BCUT2D eigenvalue weighted by Crippen LogP contribution is -2.48. The predicted octanol–water partition coefficient (Wildman–Crippen LogP) is 0.997. The summed E-state index contributed by atoms with van der Waals surface area (Å²) in [5.41, 5.74) is 5.97. The summed E-state index contributed by atoms with van der Waals surface area (Å²) < 4.78 is 5.52. The molecule has 94 valence electrons. The van der Waals surface area contributed by atoms with E-state index in [-0.39, 0.29) is 24.0 Å². The molecule has 1 rings (SSSR count). The van der Waals surface area contributed by atoms with Crippen LogP contribution in [0.25, 0.3) is 0 Å². The van der Waals surface area contributed by atoms with Crippen molar-refractivity contribution < 1.29 is 9.53 Å². The number of hydrogen-bond donors (Lipinski definition) is 1. The molecular weight excluding hydrogens is 204 g/mol. The minimum Gasteiger partial charge on any atom is -0.377 e. The van der Waals surface area contributed by atoms with Crippen LogP contribution in [0.4, 0.5) is 0 Å². The van der Waals surface area contributed by atoms with Crippen molar-refractivity contribution >= 4 is 5.91 Å². The lowest BCUT2D eigenvalue weighted by atomic mass is 9.99. The Morgan fingerprint density at radius 1 is 1.62 bits per heavy atom. The van der Waals surface area contributed by atoms with E-state index >= 15 is 0 Å². The number of carbonyl (C=O) groups excluding carboxylic acids is 1. The maximum atomic E-state index is 12.1. The summed E-state index contributed by atoms with van der Waals surface area (Å²) in [5, 5.41) is 0. The normalized spacial score (nSPS) is 26.0. The lowest BCUT2D eigenvalue weighted by Gasteiger charge is -2.27. The van der Waals surface area contributed by atoms with Gasteiger partial charge in [0.1, 0.15) is 0 Å². The van der Waals surface area contributed by atoms with Gasteiger partial charge in [-0.15, -0.1) is 0 Å². The third kappa shape index (κ3) is 3.46. The molecule has 4 heteroatoms. The zero-order valence-corrected chi connectivity index (χ0v) is 10.6. The first kappa shape index (κ1) is 13.5. The second-order valence-electron chi connectivity index (χ2n) is 4.73. The molecule has 0 aromatic heterocycles. The standard InChI is InChI=1S/C12H24N2O2/c1-4-9(2)11(13)12(15)14-6-5-7-16-10(3)8-14/h9-11H,4-8,13H2,1-3H3/t9?,10?,11-/m0/s1. The minimum atomic E-state index is -0.365. The fraction of sp³-hybridized carbons (Fsp3) is 0.917. The summed E-state index contributed by atoms with van der Waals surface area (Å²) in [6, 6.07) is -0.365. The molecule has 1 saturated heterocycles. The highest BCUT2D eigenvalue weighted by atomic mass is 16.5. The first-order valence-corrected chi connectivity index (χ1v) is 6.22. The Balaban J connectivity index is 2.57. The van der Waals surface area contributed by atoms with E-state index in [4.69, 9.17) is 10.5 Å². The van der Waals surface area contributed by atoms with E-state index in [1.807, 2.05) is 18.7 Å². The number of nitrogens with two attached hydrogens (primary N) is 1. The number of carbonyl (C=O) groups is 1. The first-order chi connectivity index (χ1) is 7.56. The number of ether oxygens (including phenoxy) is 1. The van der Waals surface area contributed by atoms with E-state index in [9.17, 15) is 4.79 Å². The molecule has 1 aliphatic heterocycles. The van der Waals surface area contributed by atoms with Gasteiger partial charge in [0.2, 0.25) is 5.91 Å². The molecule has 4 nitrogen and oxygen atoms in total. The van der Waals surface area contributed by atoms with E-state index < -0.39 is 0 Å². The maximum Gasteiger partial charge on any atom is 0.239 e. The van der Waals surface area contributed by atoms with Crippen LogP contribution in [0.5, 0.6) is 0 Å². The highest BCUT2D eigenvalue weighted by Gasteiger charge is 2.27. The highest BCUT2D eigenvalue weighted by Crippen LogP contribution is 2.12. The molecule has 16 heavy (non-hydrogen) atoms. The van der Waals surface area contributed by atoms with Gasteiger partial charge in [0.05, 0.1) is 12.1 Å². The van der Waals surface area contributed by atoms with Gasteiger partial charge in [-0.05, 0) is 19.3 Å².